The maximum atomic E-state index is 14.7. The number of thioether (sulfide) groups is 1. The number of likely N-dealkylation sites (N-methyl/N-ethyl adjacent to an activating group) is 1. The van der Waals surface area contributed by atoms with Gasteiger partial charge in [-0.25, -0.2) is 9.59 Å². The molecule has 7 heterocycles. The molecule has 286 valence electrons. The maximum absolute atomic E-state index is 14.7. The van der Waals surface area contributed by atoms with Gasteiger partial charge >= 0.3 is 11.9 Å². The molecule has 4 bridgehead atoms. The third-order valence-electron chi connectivity index (χ3n) is 12.5. The van der Waals surface area contributed by atoms with Crippen LogP contribution in [0.3, 0.4) is 0 Å². The fourth-order valence-corrected chi connectivity index (χ4v) is 11.8. The Morgan fingerprint density at radius 3 is 2.54 bits per heavy atom. The summed E-state index contributed by atoms with van der Waals surface area (Å²) < 4.78 is 35.3. The minimum absolute atomic E-state index is 0.0256. The number of hydrogen-bond acceptors (Lipinski definition) is 15. The minimum Gasteiger partial charge on any atom is -0.504 e. The van der Waals surface area contributed by atoms with Crippen molar-refractivity contribution in [2.75, 3.05) is 54.1 Å². The third-order valence-corrected chi connectivity index (χ3v) is 13.9. The topological polar surface area (TPSA) is 169 Å². The Kier molecular flexibility index (Phi) is 8.21. The average Bonchev–Trinajstić information content (AvgIpc) is 3.65. The molecule has 15 heteroatoms. The molecular weight excluding hydrogens is 719 g/mol. The van der Waals surface area contributed by atoms with Gasteiger partial charge in [0.1, 0.15) is 12.8 Å². The van der Waals surface area contributed by atoms with E-state index < -0.39 is 53.1 Å². The van der Waals surface area contributed by atoms with Gasteiger partial charge in [0.25, 0.3) is 0 Å². The summed E-state index contributed by atoms with van der Waals surface area (Å²) >= 11 is 1.45. The zero-order valence-electron chi connectivity index (χ0n) is 30.8. The van der Waals surface area contributed by atoms with Crippen molar-refractivity contribution in [2.45, 2.75) is 67.9 Å². The predicted molar refractivity (Wildman–Crippen MR) is 195 cm³/mol. The van der Waals surface area contributed by atoms with Crippen molar-refractivity contribution in [3.05, 3.63) is 68.3 Å². The Morgan fingerprint density at radius 2 is 1.80 bits per heavy atom. The van der Waals surface area contributed by atoms with Crippen LogP contribution in [0.2, 0.25) is 0 Å². The van der Waals surface area contributed by atoms with Crippen molar-refractivity contribution >= 4 is 23.7 Å². The monoisotopic (exact) mass is 761 g/mol. The molecule has 7 aliphatic rings. The zero-order valence-corrected chi connectivity index (χ0v) is 31.7. The summed E-state index contributed by atoms with van der Waals surface area (Å²) in [6, 6.07) is 3.06. The number of aliphatic hydroxyl groups excluding tert-OH is 1. The van der Waals surface area contributed by atoms with E-state index in [2.05, 4.69) is 10.2 Å². The molecule has 3 aromatic rings. The normalized spacial score (nSPS) is 29.4. The fourth-order valence-electron chi connectivity index (χ4n) is 10.1. The number of nitrogens with one attached hydrogen (secondary N) is 1. The van der Waals surface area contributed by atoms with E-state index in [0.717, 1.165) is 16.7 Å². The van der Waals surface area contributed by atoms with Crippen molar-refractivity contribution in [1.29, 1.82) is 0 Å². The minimum atomic E-state index is -1.37. The van der Waals surface area contributed by atoms with E-state index in [1.54, 1.807) is 12.1 Å². The number of phenols is 2. The molecule has 7 aliphatic heterocycles. The molecule has 2 fully saturated rings. The number of nitrogens with zero attached hydrogens (tertiary/aromatic N) is 2. The van der Waals surface area contributed by atoms with Crippen LogP contribution in [0.15, 0.2) is 18.2 Å². The molecule has 3 aromatic carbocycles. The third kappa shape index (κ3) is 4.62. The van der Waals surface area contributed by atoms with Gasteiger partial charge in [0.2, 0.25) is 6.79 Å². The summed E-state index contributed by atoms with van der Waals surface area (Å²) in [5.74, 6) is 0.504. The standard InChI is InChI=1S/C39H43N3O11S/c1-16-9-19-10-21-36(45)42-22-13-51-38(47)39(20-12-24(48-4)23(43)11-18(20)7-8-40-39)14-54-35(30(42)29(41(21)3)26(19)31(44)32(16)49-5)28-25(37(46)50-6)17(2)33-34(27(22)28)53-15-52-33/h9,11-12,21-22,29-30,35-36,40,43-45H,7-8,10,13-15H2,1-6H3/t21-,22-,29-,30+,35+,36-,39-/m0/s1. The smallest absolute Gasteiger partial charge is 0.338 e. The molecule has 0 aromatic heterocycles. The lowest BCUT2D eigenvalue weighted by Gasteiger charge is -2.62. The van der Waals surface area contributed by atoms with E-state index in [0.29, 0.717) is 70.0 Å². The zero-order chi connectivity index (χ0) is 38.0. The molecule has 0 radical (unpaired) electrons. The highest BCUT2D eigenvalue weighted by molar-refractivity contribution is 7.99. The Bertz CT molecular complexity index is 2130. The first-order valence-electron chi connectivity index (χ1n) is 18.0. The van der Waals surface area contributed by atoms with E-state index in [9.17, 15) is 24.9 Å². The lowest BCUT2D eigenvalue weighted by Crippen LogP contribution is -2.70. The number of aliphatic hydroxyl groups is 1. The summed E-state index contributed by atoms with van der Waals surface area (Å²) in [6.07, 6.45) is -0.0474. The largest absolute Gasteiger partial charge is 0.504 e. The van der Waals surface area contributed by atoms with Crippen molar-refractivity contribution in [2.24, 2.45) is 0 Å². The van der Waals surface area contributed by atoms with Gasteiger partial charge in [-0.1, -0.05) is 6.07 Å². The van der Waals surface area contributed by atoms with Crippen molar-refractivity contribution in [3.8, 4) is 34.5 Å². The molecule has 4 N–H and O–H groups in total. The quantitative estimate of drug-likeness (QED) is 0.287. The number of fused-ring (bicyclic) bond motifs is 9. The highest BCUT2D eigenvalue weighted by atomic mass is 32.2. The number of aromatic hydroxyl groups is 2. The van der Waals surface area contributed by atoms with Crippen LogP contribution in [0.4, 0.5) is 0 Å². The number of aryl methyl sites for hydroxylation is 1. The summed E-state index contributed by atoms with van der Waals surface area (Å²) in [6.45, 7) is 3.85. The molecule has 0 unspecified atom stereocenters. The van der Waals surface area contributed by atoms with Gasteiger partial charge in [0.05, 0.1) is 45.0 Å². The van der Waals surface area contributed by atoms with Gasteiger partial charge in [-0.2, -0.15) is 0 Å². The second-order valence-electron chi connectivity index (χ2n) is 14.9. The molecule has 0 aliphatic carbocycles. The van der Waals surface area contributed by atoms with Crippen LogP contribution >= 0.6 is 11.8 Å². The van der Waals surface area contributed by atoms with Crippen LogP contribution in [0, 0.1) is 13.8 Å². The van der Waals surface area contributed by atoms with E-state index in [1.807, 2.05) is 31.9 Å². The molecule has 0 amide bonds. The number of rotatable bonds is 3. The molecule has 14 nitrogen and oxygen atoms in total. The van der Waals surface area contributed by atoms with Crippen LogP contribution in [-0.4, -0.2) is 109 Å². The van der Waals surface area contributed by atoms with Gasteiger partial charge in [0, 0.05) is 40.3 Å². The van der Waals surface area contributed by atoms with E-state index >= 15 is 0 Å². The Morgan fingerprint density at radius 1 is 1.02 bits per heavy atom. The van der Waals surface area contributed by atoms with Crippen molar-refractivity contribution in [1.82, 2.24) is 15.1 Å². The lowest BCUT2D eigenvalue weighted by atomic mass is 9.72. The van der Waals surface area contributed by atoms with Gasteiger partial charge < -0.3 is 43.7 Å². The summed E-state index contributed by atoms with van der Waals surface area (Å²) in [4.78, 5) is 32.8. The van der Waals surface area contributed by atoms with Crippen molar-refractivity contribution < 1.29 is 53.3 Å². The number of carbonyl (C=O) groups excluding carboxylic acids is 2. The van der Waals surface area contributed by atoms with Gasteiger partial charge in [-0.05, 0) is 73.7 Å². The first-order valence-corrected chi connectivity index (χ1v) is 19.1. The lowest BCUT2D eigenvalue weighted by molar-refractivity contribution is -0.186. The average molecular weight is 762 g/mol. The molecule has 10 rings (SSSR count). The van der Waals surface area contributed by atoms with Crippen LogP contribution < -0.4 is 24.3 Å². The Hall–Kier alpha value is -4.41. The number of hydrogen-bond donors (Lipinski definition) is 4. The highest BCUT2D eigenvalue weighted by Crippen LogP contribution is 2.63. The molecular formula is C39H43N3O11S. The molecule has 54 heavy (non-hydrogen) atoms. The number of carbonyl (C=O) groups is 2. The van der Waals surface area contributed by atoms with Crippen LogP contribution in [0.25, 0.3) is 0 Å². The van der Waals surface area contributed by atoms with E-state index in [1.165, 1.54) is 33.1 Å². The number of esters is 2. The SMILES string of the molecule is COC(=O)c1c(C)c2c(c3c1[C@H]1SC[C@@]4(NCCc5cc(O)c(OC)cc54)C(=O)OC[C@@H]3N3[C@@H]1[C@@H]1c4c(cc(C)c(OC)c4O)C[C@@H]([C@@H]3O)N1C)OCO2. The maximum Gasteiger partial charge on any atom is 0.338 e. The van der Waals surface area contributed by atoms with Crippen LogP contribution in [-0.2, 0) is 32.6 Å². The Labute approximate surface area is 316 Å². The van der Waals surface area contributed by atoms with Gasteiger partial charge in [0.15, 0.2) is 40.0 Å². The number of benzene rings is 3. The first kappa shape index (κ1) is 35.3. The Balaban J connectivity index is 1.33. The van der Waals surface area contributed by atoms with Gasteiger partial charge in [-0.3, -0.25) is 15.1 Å². The number of methoxy groups -OCH3 is 3. The van der Waals surface area contributed by atoms with E-state index in [4.69, 9.17) is 28.4 Å². The molecule has 2 saturated heterocycles. The molecule has 1 spiro atoms. The van der Waals surface area contributed by atoms with Crippen molar-refractivity contribution in [3.63, 3.8) is 0 Å². The number of ether oxygens (including phenoxy) is 6. The highest BCUT2D eigenvalue weighted by Gasteiger charge is 2.61. The first-order chi connectivity index (χ1) is 26.0. The van der Waals surface area contributed by atoms with Gasteiger partial charge in [-0.15, -0.1) is 11.8 Å². The number of phenolic OH excluding ortho intramolecular Hbond substituents is 2. The second kappa shape index (κ2) is 12.6. The second-order valence-corrected chi connectivity index (χ2v) is 16.0. The number of piperazine rings is 1. The van der Waals surface area contributed by atoms with E-state index in [-0.39, 0.29) is 36.4 Å². The summed E-state index contributed by atoms with van der Waals surface area (Å²) in [5, 5.41) is 38.2. The fraction of sp³-hybridized carbons (Fsp3) is 0.487. The molecule has 7 atom stereocenters. The summed E-state index contributed by atoms with van der Waals surface area (Å²) in [7, 11) is 6.28. The molecule has 0 saturated carbocycles. The van der Waals surface area contributed by atoms with Crippen LogP contribution in [0.5, 0.6) is 34.5 Å². The van der Waals surface area contributed by atoms with Crippen LogP contribution in [0.1, 0.15) is 72.2 Å². The predicted octanol–water partition coefficient (Wildman–Crippen LogP) is 3.27. The summed E-state index contributed by atoms with van der Waals surface area (Å²) in [5.41, 5.74) is 4.55.